The third-order valence-electron chi connectivity index (χ3n) is 4.47. The van der Waals surface area contributed by atoms with Gasteiger partial charge in [0.05, 0.1) is 12.6 Å². The molecule has 7 nitrogen and oxygen atoms in total. The van der Waals surface area contributed by atoms with Crippen LogP contribution in [0.3, 0.4) is 0 Å². The molecule has 0 N–H and O–H groups in total. The Morgan fingerprint density at radius 3 is 2.63 bits per heavy atom. The van der Waals surface area contributed by atoms with Gasteiger partial charge in [-0.3, -0.25) is 4.79 Å². The summed E-state index contributed by atoms with van der Waals surface area (Å²) < 4.78 is 7.35. The van der Waals surface area contributed by atoms with Crippen LogP contribution < -0.4 is 0 Å². The van der Waals surface area contributed by atoms with Crippen molar-refractivity contribution in [2.45, 2.75) is 33.4 Å². The third-order valence-corrected chi connectivity index (χ3v) is 4.73. The molecule has 0 bridgehead atoms. The molecule has 1 atom stereocenters. The fourth-order valence-electron chi connectivity index (χ4n) is 3.29. The smallest absolute Gasteiger partial charge is 0.204 e. The second-order valence-corrected chi connectivity index (χ2v) is 6.97. The first-order chi connectivity index (χ1) is 12.9. The van der Waals surface area contributed by atoms with Crippen molar-refractivity contribution < 1.29 is 9.53 Å². The summed E-state index contributed by atoms with van der Waals surface area (Å²) in [6, 6.07) is 9.21. The third kappa shape index (κ3) is 4.09. The number of benzene rings is 1. The number of hydrogen-bond donors (Lipinski definition) is 0. The van der Waals surface area contributed by atoms with E-state index < -0.39 is 0 Å². The topological polar surface area (TPSA) is 74.8 Å². The average molecular weight is 388 g/mol. The highest BCUT2D eigenvalue weighted by Crippen LogP contribution is 2.22. The van der Waals surface area contributed by atoms with E-state index in [1.54, 1.807) is 19.2 Å². The number of tetrazole rings is 1. The molecule has 8 heteroatoms. The first-order valence-corrected chi connectivity index (χ1v) is 9.02. The van der Waals surface area contributed by atoms with E-state index in [4.69, 9.17) is 16.3 Å². The number of ether oxygens (including phenoxy) is 1. The van der Waals surface area contributed by atoms with Crippen molar-refractivity contribution in [2.75, 3.05) is 13.7 Å². The number of aryl methyl sites for hydroxylation is 1. The van der Waals surface area contributed by atoms with Crippen LogP contribution in [-0.2, 0) is 11.3 Å². The van der Waals surface area contributed by atoms with Crippen LogP contribution in [0.15, 0.2) is 30.3 Å². The number of halogens is 1. The lowest BCUT2D eigenvalue weighted by atomic mass is 10.1. The Morgan fingerprint density at radius 2 is 1.96 bits per heavy atom. The summed E-state index contributed by atoms with van der Waals surface area (Å²) in [5.74, 6) is 0.401. The van der Waals surface area contributed by atoms with Crippen molar-refractivity contribution in [1.82, 2.24) is 24.8 Å². The normalized spacial score (nSPS) is 12.3. The lowest BCUT2D eigenvalue weighted by Crippen LogP contribution is -2.16. The van der Waals surface area contributed by atoms with Gasteiger partial charge in [0.25, 0.3) is 0 Å². The molecule has 0 aliphatic heterocycles. The summed E-state index contributed by atoms with van der Waals surface area (Å²) in [7, 11) is 1.67. The zero-order chi connectivity index (χ0) is 19.6. The lowest BCUT2D eigenvalue weighted by molar-refractivity contribution is 0.0960. The van der Waals surface area contributed by atoms with Crippen molar-refractivity contribution in [3.8, 4) is 11.4 Å². The first-order valence-electron chi connectivity index (χ1n) is 8.65. The molecule has 0 spiro atoms. The lowest BCUT2D eigenvalue weighted by Gasteiger charge is -2.17. The van der Waals surface area contributed by atoms with Crippen molar-refractivity contribution >= 4 is 17.4 Å². The molecule has 0 aliphatic rings. The molecule has 3 rings (SSSR count). The minimum atomic E-state index is -0.0565. The molecule has 0 fully saturated rings. The Labute approximate surface area is 162 Å². The number of nitrogens with zero attached hydrogens (tertiary/aromatic N) is 5. The molecule has 0 aliphatic carbocycles. The van der Waals surface area contributed by atoms with E-state index in [0.717, 1.165) is 17.0 Å². The van der Waals surface area contributed by atoms with E-state index in [0.29, 0.717) is 23.0 Å². The molecule has 0 amide bonds. The monoisotopic (exact) mass is 387 g/mol. The molecular formula is C19H22ClN5O2. The molecule has 0 saturated heterocycles. The van der Waals surface area contributed by atoms with Gasteiger partial charge in [0.2, 0.25) is 5.82 Å². The highest BCUT2D eigenvalue weighted by atomic mass is 35.5. The van der Waals surface area contributed by atoms with Crippen molar-refractivity contribution in [2.24, 2.45) is 0 Å². The molecule has 0 radical (unpaired) electrons. The standard InChI is InChI=1S/C19H22ClN5O2/c1-12-9-17(14(3)25(12)13(2)11-27-4)18(26)10-24-22-19(21-23-24)15-5-7-16(20)8-6-15/h5-9,13H,10-11H2,1-4H3/t13-/m1/s1. The van der Waals surface area contributed by atoms with Gasteiger partial charge in [-0.15, -0.1) is 10.2 Å². The minimum absolute atomic E-state index is 0.0313. The fraction of sp³-hybridized carbons (Fsp3) is 0.368. The van der Waals surface area contributed by atoms with Gasteiger partial charge < -0.3 is 9.30 Å². The second-order valence-electron chi connectivity index (χ2n) is 6.53. The number of carbonyl (C=O) groups excluding carboxylic acids is 1. The van der Waals surface area contributed by atoms with Gasteiger partial charge in [-0.2, -0.15) is 4.80 Å². The SMILES string of the molecule is COC[C@@H](C)n1c(C)cc(C(=O)Cn2nnc(-c3ccc(Cl)cc3)n2)c1C. The molecule has 1 aromatic carbocycles. The summed E-state index contributed by atoms with van der Waals surface area (Å²) >= 11 is 5.90. The largest absolute Gasteiger partial charge is 0.383 e. The van der Waals surface area contributed by atoms with Crippen molar-refractivity contribution in [3.05, 3.63) is 52.3 Å². The summed E-state index contributed by atoms with van der Waals surface area (Å²) in [5, 5.41) is 13.0. The molecule has 0 unspecified atom stereocenters. The number of rotatable bonds is 7. The van der Waals surface area contributed by atoms with Gasteiger partial charge in [0, 0.05) is 34.6 Å². The Kier molecular flexibility index (Phi) is 5.72. The van der Waals surface area contributed by atoms with Gasteiger partial charge in [0.15, 0.2) is 5.78 Å². The van der Waals surface area contributed by atoms with E-state index in [1.165, 1.54) is 4.80 Å². The number of hydrogen-bond acceptors (Lipinski definition) is 5. The van der Waals surface area contributed by atoms with E-state index in [1.807, 2.05) is 32.0 Å². The molecule has 142 valence electrons. The number of methoxy groups -OCH3 is 1. The van der Waals surface area contributed by atoms with Gasteiger partial charge in [-0.25, -0.2) is 0 Å². The Morgan fingerprint density at radius 1 is 1.26 bits per heavy atom. The highest BCUT2D eigenvalue weighted by molar-refractivity contribution is 6.30. The number of carbonyl (C=O) groups is 1. The van der Waals surface area contributed by atoms with Crippen molar-refractivity contribution in [1.29, 1.82) is 0 Å². The number of aromatic nitrogens is 5. The highest BCUT2D eigenvalue weighted by Gasteiger charge is 2.20. The zero-order valence-corrected chi connectivity index (χ0v) is 16.6. The second kappa shape index (κ2) is 8.02. The predicted molar refractivity (Wildman–Crippen MR) is 103 cm³/mol. The maximum Gasteiger partial charge on any atom is 0.204 e. The van der Waals surface area contributed by atoms with E-state index >= 15 is 0 Å². The molecular weight excluding hydrogens is 366 g/mol. The Bertz CT molecular complexity index is 946. The van der Waals surface area contributed by atoms with E-state index in [2.05, 4.69) is 26.9 Å². The maximum absolute atomic E-state index is 12.8. The Hall–Kier alpha value is -2.51. The summed E-state index contributed by atoms with van der Waals surface area (Å²) in [6.45, 7) is 6.61. The van der Waals surface area contributed by atoms with E-state index in [9.17, 15) is 4.79 Å². The summed E-state index contributed by atoms with van der Waals surface area (Å²) in [5.41, 5.74) is 3.40. The first kappa shape index (κ1) is 19.3. The molecule has 27 heavy (non-hydrogen) atoms. The van der Waals surface area contributed by atoms with Gasteiger partial charge in [0.1, 0.15) is 6.54 Å². The summed E-state index contributed by atoms with van der Waals surface area (Å²) in [6.07, 6.45) is 0. The average Bonchev–Trinajstić information content (AvgIpc) is 3.20. The van der Waals surface area contributed by atoms with Crippen LogP contribution in [0.5, 0.6) is 0 Å². The summed E-state index contributed by atoms with van der Waals surface area (Å²) in [4.78, 5) is 14.1. The quantitative estimate of drug-likeness (QED) is 0.580. The van der Waals surface area contributed by atoms with Gasteiger partial charge in [-0.1, -0.05) is 11.6 Å². The fourth-order valence-corrected chi connectivity index (χ4v) is 3.42. The van der Waals surface area contributed by atoms with Crippen LogP contribution in [-0.4, -0.2) is 44.3 Å². The minimum Gasteiger partial charge on any atom is -0.383 e. The van der Waals surface area contributed by atoms with Crippen LogP contribution in [0.2, 0.25) is 5.02 Å². The van der Waals surface area contributed by atoms with Crippen LogP contribution in [0.25, 0.3) is 11.4 Å². The van der Waals surface area contributed by atoms with Gasteiger partial charge >= 0.3 is 0 Å². The number of Topliss-reactive ketones (excluding diaryl/α,β-unsaturated/α-hetero) is 1. The van der Waals surface area contributed by atoms with Crippen LogP contribution >= 0.6 is 11.6 Å². The molecule has 0 saturated carbocycles. The van der Waals surface area contributed by atoms with Crippen LogP contribution in [0.4, 0.5) is 0 Å². The predicted octanol–water partition coefficient (Wildman–Crippen LogP) is 3.50. The zero-order valence-electron chi connectivity index (χ0n) is 15.8. The van der Waals surface area contributed by atoms with Crippen LogP contribution in [0.1, 0.15) is 34.7 Å². The van der Waals surface area contributed by atoms with E-state index in [-0.39, 0.29) is 18.4 Å². The molecule has 2 heterocycles. The van der Waals surface area contributed by atoms with Gasteiger partial charge in [-0.05, 0) is 56.3 Å². The van der Waals surface area contributed by atoms with Crippen LogP contribution in [0, 0.1) is 13.8 Å². The molecule has 3 aromatic rings. The van der Waals surface area contributed by atoms with Crippen molar-refractivity contribution in [3.63, 3.8) is 0 Å². The number of ketones is 1. The Balaban J connectivity index is 1.78. The maximum atomic E-state index is 12.8. The molecule has 2 aromatic heterocycles.